The van der Waals surface area contributed by atoms with Gasteiger partial charge in [0.25, 0.3) is 5.91 Å². The molecular formula is C18H19ClN4O. The number of carbonyl (C=O) groups is 1. The van der Waals surface area contributed by atoms with Gasteiger partial charge in [0.2, 0.25) is 0 Å². The molecule has 3 rings (SSSR count). The smallest absolute Gasteiger partial charge is 0.254 e. The fraction of sp³-hybridized carbons (Fsp3) is 0.278. The van der Waals surface area contributed by atoms with Crippen LogP contribution >= 0.6 is 11.6 Å². The molecule has 5 nitrogen and oxygen atoms in total. The van der Waals surface area contributed by atoms with E-state index in [0.29, 0.717) is 17.1 Å². The van der Waals surface area contributed by atoms with E-state index in [0.717, 1.165) is 28.0 Å². The number of pyridine rings is 1. The van der Waals surface area contributed by atoms with Crippen molar-refractivity contribution in [2.24, 2.45) is 7.05 Å². The number of nitrogens with zero attached hydrogens (tertiary/aromatic N) is 4. The Bertz CT molecular complexity index is 932. The number of benzene rings is 1. The number of rotatable bonds is 3. The van der Waals surface area contributed by atoms with Gasteiger partial charge in [-0.3, -0.25) is 9.48 Å². The van der Waals surface area contributed by atoms with Crippen molar-refractivity contribution in [3.63, 3.8) is 0 Å². The van der Waals surface area contributed by atoms with Crippen LogP contribution in [0, 0.1) is 13.8 Å². The van der Waals surface area contributed by atoms with Gasteiger partial charge in [-0.25, -0.2) is 4.98 Å². The molecule has 0 aliphatic heterocycles. The normalized spacial score (nSPS) is 11.0. The lowest BCUT2D eigenvalue weighted by molar-refractivity contribution is 0.0787. The Morgan fingerprint density at radius 1 is 1.29 bits per heavy atom. The van der Waals surface area contributed by atoms with Crippen molar-refractivity contribution < 1.29 is 4.79 Å². The number of hydrogen-bond donors (Lipinski definition) is 0. The minimum absolute atomic E-state index is 0.0541. The molecule has 0 saturated carbocycles. The molecule has 0 aliphatic rings. The Hall–Kier alpha value is -2.40. The molecule has 0 bridgehead atoms. The lowest BCUT2D eigenvalue weighted by Crippen LogP contribution is -2.26. The highest BCUT2D eigenvalue weighted by molar-refractivity contribution is 6.30. The van der Waals surface area contributed by atoms with Gasteiger partial charge in [-0.05, 0) is 37.6 Å². The number of aromatic nitrogens is 3. The second-order valence-corrected chi connectivity index (χ2v) is 6.45. The summed E-state index contributed by atoms with van der Waals surface area (Å²) in [4.78, 5) is 19.2. The van der Waals surface area contributed by atoms with Gasteiger partial charge in [0.15, 0.2) is 5.65 Å². The zero-order valence-electron chi connectivity index (χ0n) is 14.2. The average Bonchev–Trinajstić information content (AvgIpc) is 2.80. The summed E-state index contributed by atoms with van der Waals surface area (Å²) in [7, 11) is 3.63. The molecule has 6 heteroatoms. The summed E-state index contributed by atoms with van der Waals surface area (Å²) in [6.45, 7) is 4.27. The summed E-state index contributed by atoms with van der Waals surface area (Å²) < 4.78 is 1.71. The molecule has 1 amide bonds. The lowest BCUT2D eigenvalue weighted by atomic mass is 10.1. The van der Waals surface area contributed by atoms with E-state index in [4.69, 9.17) is 11.6 Å². The molecule has 2 aromatic heterocycles. The van der Waals surface area contributed by atoms with Crippen molar-refractivity contribution in [2.45, 2.75) is 20.4 Å². The second kappa shape index (κ2) is 6.24. The summed E-state index contributed by atoms with van der Waals surface area (Å²) in [5.74, 6) is -0.0541. The Kier molecular flexibility index (Phi) is 4.28. The van der Waals surface area contributed by atoms with Gasteiger partial charge >= 0.3 is 0 Å². The first-order valence-corrected chi connectivity index (χ1v) is 8.05. The van der Waals surface area contributed by atoms with Crippen molar-refractivity contribution in [2.75, 3.05) is 7.05 Å². The average molecular weight is 343 g/mol. The summed E-state index contributed by atoms with van der Waals surface area (Å²) in [5.41, 5.74) is 3.95. The number of aryl methyl sites for hydroxylation is 3. The van der Waals surface area contributed by atoms with Gasteiger partial charge in [-0.15, -0.1) is 0 Å². The van der Waals surface area contributed by atoms with E-state index in [-0.39, 0.29) is 5.91 Å². The number of halogens is 1. The fourth-order valence-corrected chi connectivity index (χ4v) is 3.14. The zero-order valence-corrected chi connectivity index (χ0v) is 14.9. The van der Waals surface area contributed by atoms with E-state index in [1.54, 1.807) is 16.6 Å². The molecule has 0 N–H and O–H groups in total. The molecule has 24 heavy (non-hydrogen) atoms. The minimum Gasteiger partial charge on any atom is -0.337 e. The van der Waals surface area contributed by atoms with Crippen molar-refractivity contribution in [3.05, 3.63) is 57.9 Å². The molecule has 2 heterocycles. The molecule has 1 aromatic carbocycles. The van der Waals surface area contributed by atoms with Gasteiger partial charge < -0.3 is 4.90 Å². The molecule has 124 valence electrons. The van der Waals surface area contributed by atoms with Crippen molar-refractivity contribution in [1.82, 2.24) is 19.7 Å². The molecule has 0 atom stereocenters. The van der Waals surface area contributed by atoms with Crippen LogP contribution in [0.1, 0.15) is 27.3 Å². The Morgan fingerprint density at radius 3 is 2.75 bits per heavy atom. The van der Waals surface area contributed by atoms with E-state index in [1.807, 2.05) is 51.2 Å². The van der Waals surface area contributed by atoms with Crippen molar-refractivity contribution >= 4 is 28.5 Å². The van der Waals surface area contributed by atoms with E-state index in [2.05, 4.69) is 10.1 Å². The molecular weight excluding hydrogens is 324 g/mol. The lowest BCUT2D eigenvalue weighted by Gasteiger charge is -2.18. The van der Waals surface area contributed by atoms with Gasteiger partial charge in [-0.2, -0.15) is 5.10 Å². The van der Waals surface area contributed by atoms with Gasteiger partial charge in [0, 0.05) is 31.4 Å². The van der Waals surface area contributed by atoms with E-state index < -0.39 is 0 Å². The maximum Gasteiger partial charge on any atom is 0.254 e. The third-order valence-electron chi connectivity index (χ3n) is 3.98. The number of hydrogen-bond acceptors (Lipinski definition) is 3. The van der Waals surface area contributed by atoms with E-state index in [1.165, 1.54) is 0 Å². The van der Waals surface area contributed by atoms with Crippen LogP contribution in [-0.2, 0) is 13.6 Å². The minimum atomic E-state index is -0.0541. The predicted octanol–water partition coefficient (Wildman–Crippen LogP) is 3.51. The maximum atomic E-state index is 13.0. The fourth-order valence-electron chi connectivity index (χ4n) is 2.93. The first-order valence-electron chi connectivity index (χ1n) is 7.67. The van der Waals surface area contributed by atoms with Crippen LogP contribution in [0.2, 0.25) is 5.02 Å². The van der Waals surface area contributed by atoms with E-state index >= 15 is 0 Å². The quantitative estimate of drug-likeness (QED) is 0.732. The number of carbonyl (C=O) groups excluding carboxylic acids is 1. The van der Waals surface area contributed by atoms with Gasteiger partial charge in [0.05, 0.1) is 16.6 Å². The zero-order chi connectivity index (χ0) is 17.4. The van der Waals surface area contributed by atoms with Crippen molar-refractivity contribution in [1.29, 1.82) is 0 Å². The van der Waals surface area contributed by atoms with E-state index in [9.17, 15) is 4.79 Å². The van der Waals surface area contributed by atoms with Crippen LogP contribution in [0.25, 0.3) is 11.0 Å². The van der Waals surface area contributed by atoms with Crippen LogP contribution in [-0.4, -0.2) is 32.6 Å². The Morgan fingerprint density at radius 2 is 2.04 bits per heavy atom. The molecule has 0 radical (unpaired) electrons. The molecule has 0 fully saturated rings. The number of amides is 1. The largest absolute Gasteiger partial charge is 0.337 e. The third-order valence-corrected chi connectivity index (χ3v) is 4.22. The summed E-state index contributed by atoms with van der Waals surface area (Å²) in [6, 6.07) is 9.36. The van der Waals surface area contributed by atoms with Crippen LogP contribution in [0.4, 0.5) is 0 Å². The highest BCUT2D eigenvalue weighted by Gasteiger charge is 2.20. The monoisotopic (exact) mass is 342 g/mol. The molecule has 3 aromatic rings. The first kappa shape index (κ1) is 16.5. The van der Waals surface area contributed by atoms with Crippen LogP contribution < -0.4 is 0 Å². The third kappa shape index (κ3) is 2.99. The topological polar surface area (TPSA) is 51.0 Å². The Labute approximate surface area is 145 Å². The molecule has 0 aliphatic carbocycles. The van der Waals surface area contributed by atoms with Crippen molar-refractivity contribution in [3.8, 4) is 0 Å². The highest BCUT2D eigenvalue weighted by Crippen LogP contribution is 2.23. The Balaban J connectivity index is 1.99. The maximum absolute atomic E-state index is 13.0. The SMILES string of the molecule is Cc1cc(C(=O)N(C)Cc2cccc(Cl)c2)c2c(C)nn(C)c2n1. The predicted molar refractivity (Wildman–Crippen MR) is 95.2 cm³/mol. The summed E-state index contributed by atoms with van der Waals surface area (Å²) in [5, 5.41) is 5.87. The standard InChI is InChI=1S/C18H19ClN4O/c1-11-8-15(16-12(2)21-23(4)17(16)20-11)18(24)22(3)10-13-6-5-7-14(19)9-13/h5-9H,10H2,1-4H3. The number of fused-ring (bicyclic) bond motifs is 1. The molecule has 0 spiro atoms. The molecule has 0 unspecified atom stereocenters. The summed E-state index contributed by atoms with van der Waals surface area (Å²) in [6.07, 6.45) is 0. The first-order chi connectivity index (χ1) is 11.4. The van der Waals surface area contributed by atoms with Crippen LogP contribution in [0.15, 0.2) is 30.3 Å². The van der Waals surface area contributed by atoms with Gasteiger partial charge in [-0.1, -0.05) is 23.7 Å². The van der Waals surface area contributed by atoms with Crippen LogP contribution in [0.3, 0.4) is 0 Å². The second-order valence-electron chi connectivity index (χ2n) is 6.01. The van der Waals surface area contributed by atoms with Crippen LogP contribution in [0.5, 0.6) is 0 Å². The van der Waals surface area contributed by atoms with Gasteiger partial charge in [0.1, 0.15) is 0 Å². The molecule has 0 saturated heterocycles. The highest BCUT2D eigenvalue weighted by atomic mass is 35.5. The summed E-state index contributed by atoms with van der Waals surface area (Å²) >= 11 is 6.02.